The Labute approximate surface area is 285 Å². The number of hydrogen-bond acceptors (Lipinski definition) is 1. The molecule has 0 saturated carbocycles. The van der Waals surface area contributed by atoms with Crippen LogP contribution in [0.4, 0.5) is 0 Å². The van der Waals surface area contributed by atoms with Gasteiger partial charge in [0.1, 0.15) is 11.2 Å². The van der Waals surface area contributed by atoms with Gasteiger partial charge in [-0.05, 0) is 60.6 Å². The molecular weight excluding hydrogens is 520 g/mol. The summed E-state index contributed by atoms with van der Waals surface area (Å²) in [6, 6.07) is -23.5. The van der Waals surface area contributed by atoms with Crippen molar-refractivity contribution in [2.24, 2.45) is 0 Å². The molecule has 0 fully saturated rings. The Morgan fingerprint density at radius 2 is 0.837 bits per heavy atom. The summed E-state index contributed by atoms with van der Waals surface area (Å²) in [5.74, 6) is 0. The topological polar surface area (TPSA) is 13.1 Å². The second kappa shape index (κ2) is 9.44. The Kier molecular flexibility index (Phi) is 2.13. The lowest BCUT2D eigenvalue weighted by atomic mass is 9.85. The molecule has 1 heterocycles. The average Bonchev–Trinajstić information content (AvgIpc) is 3.72. The minimum atomic E-state index is -1.08. The zero-order valence-electron chi connectivity index (χ0n) is 47.4. The molecule has 9 rings (SSSR count). The van der Waals surface area contributed by atoms with Gasteiger partial charge in [0.15, 0.2) is 0 Å². The molecule has 1 heteroatoms. The van der Waals surface area contributed by atoms with E-state index in [0.717, 1.165) is 0 Å². The number of furan rings is 1. The predicted molar refractivity (Wildman–Crippen MR) is 183 cm³/mol. The second-order valence-corrected chi connectivity index (χ2v) is 9.26. The van der Waals surface area contributed by atoms with E-state index in [0.29, 0.717) is 0 Å². The molecule has 0 aliphatic carbocycles. The van der Waals surface area contributed by atoms with Crippen molar-refractivity contribution in [3.8, 4) is 33.4 Å². The highest BCUT2D eigenvalue weighted by atomic mass is 16.3. The van der Waals surface area contributed by atoms with Crippen molar-refractivity contribution in [1.29, 1.82) is 0 Å². The summed E-state index contributed by atoms with van der Waals surface area (Å²) >= 11 is 0. The Bertz CT molecular complexity index is 3850. The van der Waals surface area contributed by atoms with Crippen LogP contribution < -0.4 is 0 Å². The molecule has 0 radical (unpaired) electrons. The van der Waals surface area contributed by atoms with Crippen LogP contribution in [0.1, 0.15) is 35.6 Å². The van der Waals surface area contributed by atoms with Crippen LogP contribution in [-0.4, -0.2) is 0 Å². The van der Waals surface area contributed by atoms with Gasteiger partial charge in [-0.3, -0.25) is 0 Å². The van der Waals surface area contributed by atoms with Gasteiger partial charge >= 0.3 is 0 Å². The Morgan fingerprint density at radius 1 is 0.349 bits per heavy atom. The maximum absolute atomic E-state index is 9.52. The molecule has 1 nitrogen and oxygen atoms in total. The third-order valence-corrected chi connectivity index (χ3v) is 7.00. The molecule has 200 valence electrons. The SMILES string of the molecule is [2H]c1c([2H])c(-c2c3c([2H])c([2H])c([2H])c([2H])c3c(-c3c([2H])c([2H])c([2H])c4c3oc3c([2H])c([2H])c([2H])c([2H])c34)c3c([2H])c([2H])c([2H])c([2H])c23)c([2H])c([2H])c1-c1c([2H])c([2H])c([2H])c2c([2H])c([2H])c([2H])c([2H])c12. The van der Waals surface area contributed by atoms with Crippen molar-refractivity contribution in [3.63, 3.8) is 0 Å². The van der Waals surface area contributed by atoms with E-state index in [1.165, 1.54) is 0 Å². The highest BCUT2D eigenvalue weighted by Crippen LogP contribution is 2.46. The van der Waals surface area contributed by atoms with Gasteiger partial charge in [-0.15, -0.1) is 0 Å². The molecule has 43 heavy (non-hydrogen) atoms. The number of benzene rings is 8. The molecule has 0 aliphatic heterocycles. The Hall–Kier alpha value is -5.66. The molecule has 0 saturated heterocycles. The summed E-state index contributed by atoms with van der Waals surface area (Å²) in [6.45, 7) is 0. The van der Waals surface area contributed by atoms with Crippen molar-refractivity contribution in [2.75, 3.05) is 0 Å². The number of rotatable bonds is 3. The fourth-order valence-corrected chi connectivity index (χ4v) is 5.19. The summed E-state index contributed by atoms with van der Waals surface area (Å²) in [6.07, 6.45) is 0. The van der Waals surface area contributed by atoms with Crippen LogP contribution >= 0.6 is 0 Å². The van der Waals surface area contributed by atoms with E-state index >= 15 is 0 Å². The lowest BCUT2D eigenvalue weighted by Gasteiger charge is -2.18. The highest BCUT2D eigenvalue weighted by Gasteiger charge is 2.20. The Balaban J connectivity index is 1.58. The number of fused-ring (bicyclic) bond motifs is 6. The quantitative estimate of drug-likeness (QED) is 0.192. The maximum Gasteiger partial charge on any atom is 0.143 e. The molecule has 0 unspecified atom stereocenters. The first-order valence-electron chi connectivity index (χ1n) is 25.7. The van der Waals surface area contributed by atoms with Crippen LogP contribution in [0.15, 0.2) is 162 Å². The molecule has 0 spiro atoms. The highest BCUT2D eigenvalue weighted by molar-refractivity contribution is 6.24. The van der Waals surface area contributed by atoms with Crippen LogP contribution in [0.3, 0.4) is 0 Å². The van der Waals surface area contributed by atoms with Gasteiger partial charge in [-0.2, -0.15) is 0 Å². The first-order chi connectivity index (χ1) is 32.2. The third-order valence-electron chi connectivity index (χ3n) is 7.00. The number of para-hydroxylation sites is 2. The summed E-state index contributed by atoms with van der Waals surface area (Å²) in [7, 11) is 0. The molecule has 0 N–H and O–H groups in total. The van der Waals surface area contributed by atoms with Crippen LogP contribution in [0.2, 0.25) is 0 Å². The zero-order chi connectivity index (χ0) is 51.0. The van der Waals surface area contributed by atoms with E-state index < -0.39 is 245 Å². The van der Waals surface area contributed by atoms with Crippen molar-refractivity contribution in [1.82, 2.24) is 0 Å². The Morgan fingerprint density at radius 3 is 1.56 bits per heavy atom. The lowest BCUT2D eigenvalue weighted by Crippen LogP contribution is -1.91. The van der Waals surface area contributed by atoms with Gasteiger partial charge in [0.05, 0.1) is 35.6 Å². The monoisotopic (exact) mass is 572 g/mol. The minimum Gasteiger partial charge on any atom is -0.455 e. The number of hydrogen-bond donors (Lipinski definition) is 0. The summed E-state index contributed by atoms with van der Waals surface area (Å²) in [4.78, 5) is 0. The lowest BCUT2D eigenvalue weighted by molar-refractivity contribution is 0.670. The van der Waals surface area contributed by atoms with E-state index in [2.05, 4.69) is 0 Å². The summed E-state index contributed by atoms with van der Waals surface area (Å²) in [5, 5.41) is -4.86. The largest absolute Gasteiger partial charge is 0.455 e. The van der Waals surface area contributed by atoms with Crippen LogP contribution in [-0.2, 0) is 0 Å². The fourth-order valence-electron chi connectivity index (χ4n) is 5.19. The van der Waals surface area contributed by atoms with E-state index in [4.69, 9.17) is 27.7 Å². The van der Waals surface area contributed by atoms with Gasteiger partial charge in [0.2, 0.25) is 0 Å². The molecule has 1 aromatic heterocycles. The van der Waals surface area contributed by atoms with Crippen LogP contribution in [0.5, 0.6) is 0 Å². The molecule has 0 bridgehead atoms. The van der Waals surface area contributed by atoms with Gasteiger partial charge in [0.25, 0.3) is 0 Å². The third kappa shape index (κ3) is 3.65. The first kappa shape index (κ1) is 9.69. The van der Waals surface area contributed by atoms with Gasteiger partial charge in [-0.1, -0.05) is 151 Å². The van der Waals surface area contributed by atoms with E-state index in [9.17, 15) is 12.3 Å². The molecular formula is C42H26O. The zero-order valence-corrected chi connectivity index (χ0v) is 21.4. The predicted octanol–water partition coefficient (Wildman–Crippen LogP) is 12.0. The molecule has 9 aromatic rings. The summed E-state index contributed by atoms with van der Waals surface area (Å²) in [5.41, 5.74) is -5.55. The van der Waals surface area contributed by atoms with Gasteiger partial charge in [-0.25, -0.2) is 0 Å². The molecule has 0 atom stereocenters. The van der Waals surface area contributed by atoms with Gasteiger partial charge < -0.3 is 4.42 Å². The smallest absolute Gasteiger partial charge is 0.143 e. The van der Waals surface area contributed by atoms with Crippen molar-refractivity contribution in [3.05, 3.63) is 157 Å². The molecule has 8 aromatic carbocycles. The molecule has 0 amide bonds. The second-order valence-electron chi connectivity index (χ2n) is 9.26. The van der Waals surface area contributed by atoms with E-state index in [1.807, 2.05) is 0 Å². The fraction of sp³-hybridized carbons (Fsp3) is 0. The normalized spacial score (nSPS) is 20.2. The first-order valence-corrected chi connectivity index (χ1v) is 12.7. The van der Waals surface area contributed by atoms with Crippen LogP contribution in [0, 0.1) is 0 Å². The van der Waals surface area contributed by atoms with Crippen molar-refractivity contribution in [2.45, 2.75) is 0 Å². The van der Waals surface area contributed by atoms with Crippen molar-refractivity contribution < 1.29 is 40.1 Å². The van der Waals surface area contributed by atoms with Gasteiger partial charge in [0, 0.05) is 21.9 Å². The average molecular weight is 573 g/mol. The summed E-state index contributed by atoms with van der Waals surface area (Å²) < 4.78 is 237. The van der Waals surface area contributed by atoms with E-state index in [1.54, 1.807) is 0 Å². The standard InChI is InChI=1S/C42H26O/c1-2-13-30-27(11-1)12-9-19-31(30)28-23-25-29(26-24-28)40-33-15-3-5-17-35(33)41(36-18-6-4-16-34(36)40)38-21-10-20-37-32-14-7-8-22-39(32)43-42(37)38/h1-26H/i1D,2D,3D,4D,5D,6D,7D,8D,9D,10D,11D,12D,13D,14D,15D,16D,17D,18D,19D,20D,21D,22D,23D,24D,25D,26D. The minimum absolute atomic E-state index is 0.414. The van der Waals surface area contributed by atoms with Crippen LogP contribution in [0.25, 0.3) is 87.6 Å². The van der Waals surface area contributed by atoms with E-state index in [-0.39, 0.29) is 0 Å². The molecule has 0 aliphatic rings. The maximum atomic E-state index is 9.52. The van der Waals surface area contributed by atoms with Crippen molar-refractivity contribution >= 4 is 54.3 Å².